The van der Waals surface area contributed by atoms with E-state index in [0.717, 1.165) is 29.8 Å². The molecule has 0 bridgehead atoms. The first-order valence-electron chi connectivity index (χ1n) is 7.18. The third-order valence-corrected chi connectivity index (χ3v) is 3.70. The molecule has 21 heavy (non-hydrogen) atoms. The maximum absolute atomic E-state index is 14.1. The molecule has 2 aromatic rings. The molecule has 0 aromatic heterocycles. The van der Waals surface area contributed by atoms with Gasteiger partial charge in [-0.3, -0.25) is 0 Å². The number of likely N-dealkylation sites (N-methyl/N-ethyl adjacent to an activating group) is 1. The molecule has 1 unspecified atom stereocenters. The first-order chi connectivity index (χ1) is 10.2. The minimum Gasteiger partial charge on any atom is -0.496 e. The van der Waals surface area contributed by atoms with Crippen molar-refractivity contribution in [2.45, 2.75) is 19.3 Å². The van der Waals surface area contributed by atoms with E-state index in [-0.39, 0.29) is 11.7 Å². The second kappa shape index (κ2) is 7.23. The van der Waals surface area contributed by atoms with Crippen molar-refractivity contribution < 1.29 is 9.13 Å². The van der Waals surface area contributed by atoms with Gasteiger partial charge >= 0.3 is 0 Å². The first kappa shape index (κ1) is 15.5. The first-order valence-corrected chi connectivity index (χ1v) is 7.18. The van der Waals surface area contributed by atoms with Crippen molar-refractivity contribution in [3.8, 4) is 5.75 Å². The summed E-state index contributed by atoms with van der Waals surface area (Å²) in [6.07, 6.45) is 0.743. The summed E-state index contributed by atoms with van der Waals surface area (Å²) in [6.45, 7) is 2.77. The van der Waals surface area contributed by atoms with Crippen molar-refractivity contribution in [3.05, 3.63) is 65.0 Å². The molecule has 1 atom stereocenters. The summed E-state index contributed by atoms with van der Waals surface area (Å²) in [4.78, 5) is 0. The van der Waals surface area contributed by atoms with Crippen molar-refractivity contribution in [1.82, 2.24) is 5.32 Å². The Bertz CT molecular complexity index is 598. The molecule has 0 radical (unpaired) electrons. The number of benzene rings is 2. The van der Waals surface area contributed by atoms with E-state index in [1.807, 2.05) is 31.3 Å². The normalized spacial score (nSPS) is 12.2. The highest BCUT2D eigenvalue weighted by atomic mass is 19.1. The molecule has 2 rings (SSSR count). The number of hydrogen-bond acceptors (Lipinski definition) is 2. The van der Waals surface area contributed by atoms with Crippen molar-refractivity contribution >= 4 is 0 Å². The highest BCUT2D eigenvalue weighted by Crippen LogP contribution is 2.28. The van der Waals surface area contributed by atoms with Gasteiger partial charge in [-0.05, 0) is 43.7 Å². The summed E-state index contributed by atoms with van der Waals surface area (Å²) in [5.41, 5.74) is 3.04. The molecular formula is C18H22FNO. The van der Waals surface area contributed by atoms with E-state index in [1.54, 1.807) is 13.2 Å². The van der Waals surface area contributed by atoms with Gasteiger partial charge in [-0.2, -0.15) is 0 Å². The Hall–Kier alpha value is -1.87. The maximum Gasteiger partial charge on any atom is 0.126 e. The standard InChI is InChI=1S/C18H22FNO/c1-13-8-9-18(21-3)14(10-13)11-15(12-20-2)16-6-4-5-7-17(16)19/h4-10,15,20H,11-12H2,1-3H3. The number of nitrogens with one attached hydrogen (secondary N) is 1. The topological polar surface area (TPSA) is 21.3 Å². The van der Waals surface area contributed by atoms with Crippen LogP contribution in [0, 0.1) is 12.7 Å². The molecule has 1 N–H and O–H groups in total. The van der Waals surface area contributed by atoms with Crippen LogP contribution in [-0.4, -0.2) is 20.7 Å². The van der Waals surface area contributed by atoms with Crippen molar-refractivity contribution in [2.24, 2.45) is 0 Å². The Morgan fingerprint density at radius 2 is 1.95 bits per heavy atom. The molecule has 0 spiro atoms. The van der Waals surface area contributed by atoms with Gasteiger partial charge in [-0.15, -0.1) is 0 Å². The van der Waals surface area contributed by atoms with E-state index in [0.29, 0.717) is 0 Å². The van der Waals surface area contributed by atoms with Crippen LogP contribution in [0.3, 0.4) is 0 Å². The van der Waals surface area contributed by atoms with E-state index in [1.165, 1.54) is 11.6 Å². The molecule has 112 valence electrons. The van der Waals surface area contributed by atoms with Crippen molar-refractivity contribution in [1.29, 1.82) is 0 Å². The predicted molar refractivity (Wildman–Crippen MR) is 84.5 cm³/mol. The van der Waals surface area contributed by atoms with E-state index in [4.69, 9.17) is 4.74 Å². The largest absolute Gasteiger partial charge is 0.496 e. The zero-order chi connectivity index (χ0) is 15.2. The Morgan fingerprint density at radius 3 is 2.62 bits per heavy atom. The fourth-order valence-electron chi connectivity index (χ4n) is 2.68. The van der Waals surface area contributed by atoms with Crippen LogP contribution >= 0.6 is 0 Å². The molecule has 0 amide bonds. The zero-order valence-electron chi connectivity index (χ0n) is 12.8. The van der Waals surface area contributed by atoms with Gasteiger partial charge < -0.3 is 10.1 Å². The van der Waals surface area contributed by atoms with Crippen LogP contribution in [0.15, 0.2) is 42.5 Å². The number of ether oxygens (including phenoxy) is 1. The van der Waals surface area contributed by atoms with Crippen molar-refractivity contribution in [2.75, 3.05) is 20.7 Å². The monoisotopic (exact) mass is 287 g/mol. The third kappa shape index (κ3) is 3.82. The lowest BCUT2D eigenvalue weighted by molar-refractivity contribution is 0.407. The summed E-state index contributed by atoms with van der Waals surface area (Å²) in [5.74, 6) is 0.786. The molecule has 0 aliphatic rings. The van der Waals surface area contributed by atoms with E-state index >= 15 is 0 Å². The average molecular weight is 287 g/mol. The molecule has 0 heterocycles. The lowest BCUT2D eigenvalue weighted by Gasteiger charge is -2.19. The van der Waals surface area contributed by atoms with Crippen LogP contribution in [0.4, 0.5) is 4.39 Å². The van der Waals surface area contributed by atoms with Crippen LogP contribution in [0.2, 0.25) is 0 Å². The number of halogens is 1. The molecule has 0 aliphatic heterocycles. The maximum atomic E-state index is 14.1. The van der Waals surface area contributed by atoms with Gasteiger partial charge in [-0.25, -0.2) is 4.39 Å². The minimum absolute atomic E-state index is 0.0758. The molecule has 2 aromatic carbocycles. The second-order valence-corrected chi connectivity index (χ2v) is 5.30. The quantitative estimate of drug-likeness (QED) is 0.875. The van der Waals surface area contributed by atoms with Gasteiger partial charge in [0.15, 0.2) is 0 Å². The molecule has 0 saturated carbocycles. The lowest BCUT2D eigenvalue weighted by Crippen LogP contribution is -2.20. The van der Waals surface area contributed by atoms with Crippen molar-refractivity contribution in [3.63, 3.8) is 0 Å². The Balaban J connectivity index is 2.33. The van der Waals surface area contributed by atoms with Gasteiger partial charge in [0.1, 0.15) is 11.6 Å². The third-order valence-electron chi connectivity index (χ3n) is 3.70. The van der Waals surface area contributed by atoms with Crippen LogP contribution in [0.25, 0.3) is 0 Å². The Kier molecular flexibility index (Phi) is 5.34. The highest BCUT2D eigenvalue weighted by Gasteiger charge is 2.17. The highest BCUT2D eigenvalue weighted by molar-refractivity contribution is 5.38. The summed E-state index contributed by atoms with van der Waals surface area (Å²) in [6, 6.07) is 13.1. The smallest absolute Gasteiger partial charge is 0.126 e. The fourth-order valence-corrected chi connectivity index (χ4v) is 2.68. The van der Waals surface area contributed by atoms with Gasteiger partial charge in [0, 0.05) is 12.5 Å². The van der Waals surface area contributed by atoms with Crippen LogP contribution in [0.5, 0.6) is 5.75 Å². The van der Waals surface area contributed by atoms with Gasteiger partial charge in [0.05, 0.1) is 7.11 Å². The number of hydrogen-bond donors (Lipinski definition) is 1. The van der Waals surface area contributed by atoms with Gasteiger partial charge in [0.25, 0.3) is 0 Å². The van der Waals surface area contributed by atoms with E-state index < -0.39 is 0 Å². The Labute approximate surface area is 126 Å². The second-order valence-electron chi connectivity index (χ2n) is 5.30. The van der Waals surface area contributed by atoms with Crippen LogP contribution in [-0.2, 0) is 6.42 Å². The van der Waals surface area contributed by atoms with Crippen LogP contribution in [0.1, 0.15) is 22.6 Å². The average Bonchev–Trinajstić information content (AvgIpc) is 2.48. The summed E-state index contributed by atoms with van der Waals surface area (Å²) < 4.78 is 19.5. The van der Waals surface area contributed by atoms with Gasteiger partial charge in [0.2, 0.25) is 0 Å². The SMILES string of the molecule is CNCC(Cc1cc(C)ccc1OC)c1ccccc1F. The van der Waals surface area contributed by atoms with Crippen LogP contribution < -0.4 is 10.1 Å². The number of rotatable bonds is 6. The van der Waals surface area contributed by atoms with E-state index in [9.17, 15) is 4.39 Å². The number of aryl methyl sites for hydroxylation is 1. The van der Waals surface area contributed by atoms with E-state index in [2.05, 4.69) is 18.3 Å². The Morgan fingerprint density at radius 1 is 1.19 bits per heavy atom. The molecule has 0 aliphatic carbocycles. The molecule has 3 heteroatoms. The van der Waals surface area contributed by atoms with Gasteiger partial charge in [-0.1, -0.05) is 35.9 Å². The number of methoxy groups -OCH3 is 1. The summed E-state index contributed by atoms with van der Waals surface area (Å²) >= 11 is 0. The predicted octanol–water partition coefficient (Wildman–Crippen LogP) is 3.69. The molecule has 0 saturated heterocycles. The molecule has 0 fully saturated rings. The minimum atomic E-state index is -0.149. The summed E-state index contributed by atoms with van der Waals surface area (Å²) in [7, 11) is 3.56. The molecule has 2 nitrogen and oxygen atoms in total. The molecular weight excluding hydrogens is 265 g/mol. The summed E-state index contributed by atoms with van der Waals surface area (Å²) in [5, 5.41) is 3.16. The fraction of sp³-hybridized carbons (Fsp3) is 0.333. The lowest BCUT2D eigenvalue weighted by atomic mass is 9.90. The zero-order valence-corrected chi connectivity index (χ0v) is 12.8.